The predicted octanol–water partition coefficient (Wildman–Crippen LogP) is 2.87. The molecule has 0 saturated heterocycles. The third kappa shape index (κ3) is 2.47. The van der Waals surface area contributed by atoms with Crippen molar-refractivity contribution in [3.05, 3.63) is 22.4 Å². The number of hydrogen-bond donors (Lipinski definition) is 1. The first kappa shape index (κ1) is 12.1. The molecule has 16 heavy (non-hydrogen) atoms. The van der Waals surface area contributed by atoms with E-state index in [4.69, 9.17) is 5.73 Å². The number of nitrogens with zero attached hydrogens (tertiary/aromatic N) is 1. The van der Waals surface area contributed by atoms with Crippen LogP contribution in [-0.2, 0) is 0 Å². The molecule has 2 atom stereocenters. The van der Waals surface area contributed by atoms with Crippen LogP contribution in [0.1, 0.15) is 37.1 Å². The SMILES string of the molecule is CCC(c1cccs1)N(C)C(CN)C1CC1. The van der Waals surface area contributed by atoms with Gasteiger partial charge in [0.25, 0.3) is 0 Å². The first-order valence-electron chi connectivity index (χ1n) is 6.23. The Bertz CT molecular complexity index is 306. The van der Waals surface area contributed by atoms with Crippen LogP contribution in [0.15, 0.2) is 17.5 Å². The lowest BCUT2D eigenvalue weighted by Crippen LogP contribution is -2.41. The summed E-state index contributed by atoms with van der Waals surface area (Å²) in [5.74, 6) is 0.851. The Morgan fingerprint density at radius 2 is 2.31 bits per heavy atom. The maximum atomic E-state index is 5.92. The molecule has 90 valence electrons. The fourth-order valence-corrected chi connectivity index (χ4v) is 3.54. The quantitative estimate of drug-likeness (QED) is 0.825. The van der Waals surface area contributed by atoms with Crippen LogP contribution in [0, 0.1) is 5.92 Å². The highest BCUT2D eigenvalue weighted by molar-refractivity contribution is 7.10. The van der Waals surface area contributed by atoms with Crippen molar-refractivity contribution in [2.75, 3.05) is 13.6 Å². The highest BCUT2D eigenvalue weighted by atomic mass is 32.1. The van der Waals surface area contributed by atoms with Crippen molar-refractivity contribution in [2.24, 2.45) is 11.7 Å². The maximum absolute atomic E-state index is 5.92. The second kappa shape index (κ2) is 5.30. The molecular weight excluding hydrogens is 216 g/mol. The minimum absolute atomic E-state index is 0.550. The lowest BCUT2D eigenvalue weighted by molar-refractivity contribution is 0.157. The minimum atomic E-state index is 0.550. The van der Waals surface area contributed by atoms with E-state index in [-0.39, 0.29) is 0 Å². The van der Waals surface area contributed by atoms with E-state index < -0.39 is 0 Å². The average Bonchev–Trinajstić information content (AvgIpc) is 2.96. The van der Waals surface area contributed by atoms with E-state index >= 15 is 0 Å². The van der Waals surface area contributed by atoms with Crippen LogP contribution in [0.3, 0.4) is 0 Å². The van der Waals surface area contributed by atoms with Gasteiger partial charge < -0.3 is 5.73 Å². The van der Waals surface area contributed by atoms with E-state index in [2.05, 4.69) is 36.4 Å². The van der Waals surface area contributed by atoms with Crippen LogP contribution in [0.4, 0.5) is 0 Å². The number of hydrogen-bond acceptors (Lipinski definition) is 3. The molecule has 2 nitrogen and oxygen atoms in total. The Kier molecular flexibility index (Phi) is 4.00. The highest BCUT2D eigenvalue weighted by Gasteiger charge is 2.35. The van der Waals surface area contributed by atoms with Crippen molar-refractivity contribution in [3.63, 3.8) is 0 Å². The lowest BCUT2D eigenvalue weighted by Gasteiger charge is -2.33. The van der Waals surface area contributed by atoms with Gasteiger partial charge in [-0.2, -0.15) is 0 Å². The van der Waals surface area contributed by atoms with Gasteiger partial charge in [-0.3, -0.25) is 4.90 Å². The highest BCUT2D eigenvalue weighted by Crippen LogP contribution is 2.38. The zero-order valence-corrected chi connectivity index (χ0v) is 11.0. The van der Waals surface area contributed by atoms with Gasteiger partial charge in [0.05, 0.1) is 0 Å². The summed E-state index contributed by atoms with van der Waals surface area (Å²) in [5.41, 5.74) is 5.92. The largest absolute Gasteiger partial charge is 0.329 e. The summed E-state index contributed by atoms with van der Waals surface area (Å²) in [5, 5.41) is 2.17. The Morgan fingerprint density at radius 1 is 1.56 bits per heavy atom. The molecular formula is C13H22N2S. The van der Waals surface area contributed by atoms with E-state index in [9.17, 15) is 0 Å². The second-order valence-corrected chi connectivity index (χ2v) is 5.72. The molecule has 1 fully saturated rings. The van der Waals surface area contributed by atoms with Crippen LogP contribution >= 0.6 is 11.3 Å². The fourth-order valence-electron chi connectivity index (χ4n) is 2.57. The molecule has 1 aliphatic carbocycles. The Balaban J connectivity index is 2.07. The summed E-state index contributed by atoms with van der Waals surface area (Å²) in [6, 6.07) is 5.52. The van der Waals surface area contributed by atoms with Gasteiger partial charge in [-0.05, 0) is 43.7 Å². The average molecular weight is 238 g/mol. The van der Waals surface area contributed by atoms with Crippen LogP contribution in [0.5, 0.6) is 0 Å². The zero-order valence-electron chi connectivity index (χ0n) is 10.2. The standard InChI is InChI=1S/C13H22N2S/c1-3-11(13-5-4-8-16-13)15(2)12(9-14)10-6-7-10/h4-5,8,10-12H,3,6-7,9,14H2,1-2H3. The molecule has 0 radical (unpaired) electrons. The summed E-state index contributed by atoms with van der Waals surface area (Å²) < 4.78 is 0. The van der Waals surface area contributed by atoms with Gasteiger partial charge in [0.2, 0.25) is 0 Å². The summed E-state index contributed by atoms with van der Waals surface area (Å²) in [6.07, 6.45) is 3.90. The monoisotopic (exact) mass is 238 g/mol. The van der Waals surface area contributed by atoms with E-state index in [0.29, 0.717) is 12.1 Å². The molecule has 0 amide bonds. The molecule has 0 aromatic carbocycles. The molecule has 3 heteroatoms. The van der Waals surface area contributed by atoms with Crippen LogP contribution in [0.2, 0.25) is 0 Å². The minimum Gasteiger partial charge on any atom is -0.329 e. The second-order valence-electron chi connectivity index (χ2n) is 4.75. The van der Waals surface area contributed by atoms with Gasteiger partial charge in [0.15, 0.2) is 0 Å². The molecule has 1 aromatic heterocycles. The van der Waals surface area contributed by atoms with Crippen LogP contribution in [-0.4, -0.2) is 24.5 Å². The molecule has 1 aromatic rings. The zero-order chi connectivity index (χ0) is 11.5. The van der Waals surface area contributed by atoms with Crippen LogP contribution in [0.25, 0.3) is 0 Å². The van der Waals surface area contributed by atoms with Gasteiger partial charge in [-0.1, -0.05) is 13.0 Å². The van der Waals surface area contributed by atoms with E-state index in [1.54, 1.807) is 0 Å². The summed E-state index contributed by atoms with van der Waals surface area (Å²) in [4.78, 5) is 3.98. The molecule has 1 aliphatic rings. The summed E-state index contributed by atoms with van der Waals surface area (Å²) in [6.45, 7) is 3.06. The van der Waals surface area contributed by atoms with Gasteiger partial charge >= 0.3 is 0 Å². The Hall–Kier alpha value is -0.380. The third-order valence-corrected chi connectivity index (χ3v) is 4.65. The topological polar surface area (TPSA) is 29.3 Å². The number of thiophene rings is 1. The number of likely N-dealkylation sites (N-methyl/N-ethyl adjacent to an activating group) is 1. The van der Waals surface area contributed by atoms with E-state index in [0.717, 1.165) is 12.5 Å². The van der Waals surface area contributed by atoms with Crippen LogP contribution < -0.4 is 5.73 Å². The van der Waals surface area contributed by atoms with Crippen molar-refractivity contribution in [1.82, 2.24) is 4.90 Å². The maximum Gasteiger partial charge on any atom is 0.0439 e. The van der Waals surface area contributed by atoms with Crippen molar-refractivity contribution >= 4 is 11.3 Å². The Morgan fingerprint density at radius 3 is 2.75 bits per heavy atom. The number of nitrogens with two attached hydrogens (primary N) is 1. The van der Waals surface area contributed by atoms with Crippen molar-refractivity contribution < 1.29 is 0 Å². The molecule has 2 unspecified atom stereocenters. The summed E-state index contributed by atoms with van der Waals surface area (Å²) >= 11 is 1.86. The fraction of sp³-hybridized carbons (Fsp3) is 0.692. The first-order chi connectivity index (χ1) is 7.77. The van der Waals surface area contributed by atoms with Crippen molar-refractivity contribution in [2.45, 2.75) is 38.3 Å². The van der Waals surface area contributed by atoms with E-state index in [1.807, 2.05) is 11.3 Å². The molecule has 2 N–H and O–H groups in total. The molecule has 1 saturated carbocycles. The smallest absolute Gasteiger partial charge is 0.0439 e. The lowest BCUT2D eigenvalue weighted by atomic mass is 10.1. The van der Waals surface area contributed by atoms with E-state index in [1.165, 1.54) is 24.1 Å². The van der Waals surface area contributed by atoms with Crippen molar-refractivity contribution in [1.29, 1.82) is 0 Å². The van der Waals surface area contributed by atoms with Gasteiger partial charge in [0.1, 0.15) is 0 Å². The first-order valence-corrected chi connectivity index (χ1v) is 7.11. The molecule has 1 heterocycles. The molecule has 2 rings (SSSR count). The third-order valence-electron chi connectivity index (χ3n) is 3.68. The summed E-state index contributed by atoms with van der Waals surface area (Å²) in [7, 11) is 2.24. The predicted molar refractivity (Wildman–Crippen MR) is 70.7 cm³/mol. The Labute approximate surface area is 102 Å². The molecule has 0 bridgehead atoms. The normalized spacial score (nSPS) is 20.0. The van der Waals surface area contributed by atoms with Crippen molar-refractivity contribution in [3.8, 4) is 0 Å². The number of rotatable bonds is 6. The van der Waals surface area contributed by atoms with Gasteiger partial charge in [-0.15, -0.1) is 11.3 Å². The molecule has 0 aliphatic heterocycles. The van der Waals surface area contributed by atoms with Gasteiger partial charge in [-0.25, -0.2) is 0 Å². The molecule has 0 spiro atoms. The van der Waals surface area contributed by atoms with Gasteiger partial charge in [0, 0.05) is 23.5 Å².